The maximum atomic E-state index is 13.1. The Kier molecular flexibility index (Phi) is 4.64. The van der Waals surface area contributed by atoms with Crippen LogP contribution in [0.1, 0.15) is 29.4 Å². The van der Waals surface area contributed by atoms with Crippen LogP contribution in [0.3, 0.4) is 0 Å². The number of nitrogens with zero attached hydrogens (tertiary/aromatic N) is 2. The highest BCUT2D eigenvalue weighted by atomic mass is 19.1. The number of rotatable bonds is 4. The summed E-state index contributed by atoms with van der Waals surface area (Å²) in [7, 11) is 0. The number of benzene rings is 1. The molecule has 128 valence electrons. The third-order valence-corrected chi connectivity index (χ3v) is 4.38. The molecule has 0 unspecified atom stereocenters. The molecule has 0 radical (unpaired) electrons. The number of aromatic nitrogens is 2. The van der Waals surface area contributed by atoms with Crippen LogP contribution in [-0.4, -0.2) is 45.3 Å². The summed E-state index contributed by atoms with van der Waals surface area (Å²) < 4.78 is 13.1. The number of hydrogen-bond acceptors (Lipinski definition) is 4. The van der Waals surface area contributed by atoms with Crippen molar-refractivity contribution < 1.29 is 14.3 Å². The number of carbonyl (C=O) groups excluding carboxylic acids is 1. The lowest BCUT2D eigenvalue weighted by Gasteiger charge is -2.23. The molecular weight excluding hydrogens is 311 g/mol. The Bertz CT molecular complexity index is 709. The second-order valence-electron chi connectivity index (χ2n) is 6.24. The minimum absolute atomic E-state index is 0.0992. The molecule has 3 rings (SSSR count). The van der Waals surface area contributed by atoms with Crippen molar-refractivity contribution in [3.8, 4) is 0 Å². The van der Waals surface area contributed by atoms with E-state index in [2.05, 4.69) is 15.5 Å². The topological polar surface area (TPSA) is 81.2 Å². The lowest BCUT2D eigenvalue weighted by Crippen LogP contribution is -2.34. The number of aliphatic hydroxyl groups excluding tert-OH is 1. The van der Waals surface area contributed by atoms with Gasteiger partial charge in [-0.05, 0) is 38.0 Å². The van der Waals surface area contributed by atoms with Crippen LogP contribution in [0.25, 0.3) is 0 Å². The number of halogens is 1. The smallest absolute Gasteiger partial charge is 0.238 e. The van der Waals surface area contributed by atoms with E-state index in [9.17, 15) is 14.3 Å². The van der Waals surface area contributed by atoms with Crippen molar-refractivity contribution in [3.63, 3.8) is 0 Å². The molecule has 3 N–H and O–H groups in total. The van der Waals surface area contributed by atoms with Gasteiger partial charge in [0.1, 0.15) is 5.82 Å². The van der Waals surface area contributed by atoms with Crippen LogP contribution in [0.15, 0.2) is 24.3 Å². The summed E-state index contributed by atoms with van der Waals surface area (Å²) in [5.41, 5.74) is 3.13. The summed E-state index contributed by atoms with van der Waals surface area (Å²) in [4.78, 5) is 14.3. The number of aromatic amines is 1. The fourth-order valence-electron chi connectivity index (χ4n) is 3.18. The molecule has 2 aromatic rings. The monoisotopic (exact) mass is 332 g/mol. The molecule has 1 amide bonds. The van der Waals surface area contributed by atoms with E-state index in [0.717, 1.165) is 17.0 Å². The maximum absolute atomic E-state index is 13.1. The Morgan fingerprint density at radius 3 is 2.75 bits per heavy atom. The molecule has 1 fully saturated rings. The highest BCUT2D eigenvalue weighted by molar-refractivity contribution is 5.93. The third-order valence-electron chi connectivity index (χ3n) is 4.38. The first-order chi connectivity index (χ1) is 11.4. The molecule has 0 aliphatic carbocycles. The van der Waals surface area contributed by atoms with Gasteiger partial charge in [-0.15, -0.1) is 0 Å². The number of anilines is 1. The van der Waals surface area contributed by atoms with Gasteiger partial charge < -0.3 is 10.4 Å². The van der Waals surface area contributed by atoms with E-state index in [-0.39, 0.29) is 24.3 Å². The van der Waals surface area contributed by atoms with E-state index < -0.39 is 6.10 Å². The minimum Gasteiger partial charge on any atom is -0.392 e. The van der Waals surface area contributed by atoms with E-state index >= 15 is 0 Å². The number of carbonyl (C=O) groups is 1. The highest BCUT2D eigenvalue weighted by Crippen LogP contribution is 2.32. The van der Waals surface area contributed by atoms with Gasteiger partial charge in [-0.3, -0.25) is 14.8 Å². The zero-order valence-corrected chi connectivity index (χ0v) is 13.7. The van der Waals surface area contributed by atoms with Crippen LogP contribution in [0.4, 0.5) is 10.1 Å². The summed E-state index contributed by atoms with van der Waals surface area (Å²) in [6.45, 7) is 4.23. The Hall–Kier alpha value is -2.25. The number of likely N-dealkylation sites (tertiary alicyclic amines) is 1. The number of aliphatic hydroxyl groups is 1. The molecule has 1 aliphatic rings. The van der Waals surface area contributed by atoms with E-state index in [1.807, 2.05) is 18.7 Å². The Labute approximate surface area is 139 Å². The van der Waals surface area contributed by atoms with Crippen molar-refractivity contribution in [1.82, 2.24) is 15.1 Å². The SMILES string of the molecule is Cc1n[nH]c(C)c1NC(=O)CN1C[C@@H](O)C[C@@H]1c1ccc(F)cc1. The third kappa shape index (κ3) is 3.47. The van der Waals surface area contributed by atoms with Crippen molar-refractivity contribution >= 4 is 11.6 Å². The summed E-state index contributed by atoms with van der Waals surface area (Å²) in [6, 6.07) is 6.10. The highest BCUT2D eigenvalue weighted by Gasteiger charge is 2.33. The zero-order valence-electron chi connectivity index (χ0n) is 13.7. The van der Waals surface area contributed by atoms with Gasteiger partial charge in [-0.1, -0.05) is 12.1 Å². The van der Waals surface area contributed by atoms with Crippen molar-refractivity contribution in [2.24, 2.45) is 0 Å². The molecule has 0 saturated carbocycles. The molecule has 1 aliphatic heterocycles. The fourth-order valence-corrected chi connectivity index (χ4v) is 3.18. The average Bonchev–Trinajstić information content (AvgIpc) is 3.05. The Balaban J connectivity index is 1.70. The summed E-state index contributed by atoms with van der Waals surface area (Å²) in [5, 5.41) is 19.7. The molecule has 1 aromatic heterocycles. The van der Waals surface area contributed by atoms with Gasteiger partial charge in [0.15, 0.2) is 0 Å². The molecule has 6 nitrogen and oxygen atoms in total. The Morgan fingerprint density at radius 1 is 1.42 bits per heavy atom. The van der Waals surface area contributed by atoms with Crippen molar-refractivity contribution in [2.75, 3.05) is 18.4 Å². The van der Waals surface area contributed by atoms with Crippen LogP contribution < -0.4 is 5.32 Å². The second kappa shape index (κ2) is 6.70. The van der Waals surface area contributed by atoms with Gasteiger partial charge in [0, 0.05) is 12.6 Å². The lowest BCUT2D eigenvalue weighted by molar-refractivity contribution is -0.117. The predicted octanol–water partition coefficient (Wildman–Crippen LogP) is 1.91. The summed E-state index contributed by atoms with van der Waals surface area (Å²) >= 11 is 0. The first-order valence-corrected chi connectivity index (χ1v) is 7.93. The molecule has 1 aromatic carbocycles. The zero-order chi connectivity index (χ0) is 17.3. The van der Waals surface area contributed by atoms with E-state index in [0.29, 0.717) is 18.7 Å². The van der Waals surface area contributed by atoms with E-state index in [1.165, 1.54) is 12.1 Å². The van der Waals surface area contributed by atoms with Crippen LogP contribution in [0.2, 0.25) is 0 Å². The predicted molar refractivity (Wildman–Crippen MR) is 88.0 cm³/mol. The Morgan fingerprint density at radius 2 is 2.12 bits per heavy atom. The molecule has 0 bridgehead atoms. The fraction of sp³-hybridized carbons (Fsp3) is 0.412. The molecule has 24 heavy (non-hydrogen) atoms. The maximum Gasteiger partial charge on any atom is 0.238 e. The average molecular weight is 332 g/mol. The number of amides is 1. The number of hydrogen-bond donors (Lipinski definition) is 3. The van der Waals surface area contributed by atoms with Crippen LogP contribution in [0.5, 0.6) is 0 Å². The molecule has 2 heterocycles. The number of β-amino-alcohol motifs (C(OH)–C–C–N with tert-alkyl or cyclic N) is 1. The number of nitrogens with one attached hydrogen (secondary N) is 2. The van der Waals surface area contributed by atoms with E-state index in [1.54, 1.807) is 12.1 Å². The quantitative estimate of drug-likeness (QED) is 0.799. The molecule has 1 saturated heterocycles. The number of aryl methyl sites for hydroxylation is 2. The van der Waals surface area contributed by atoms with E-state index in [4.69, 9.17) is 0 Å². The largest absolute Gasteiger partial charge is 0.392 e. The second-order valence-corrected chi connectivity index (χ2v) is 6.24. The van der Waals surface area contributed by atoms with Crippen molar-refractivity contribution in [2.45, 2.75) is 32.4 Å². The first kappa shape index (κ1) is 16.6. The molecule has 7 heteroatoms. The minimum atomic E-state index is -0.495. The van der Waals surface area contributed by atoms with Crippen LogP contribution in [0, 0.1) is 19.7 Å². The van der Waals surface area contributed by atoms with Crippen molar-refractivity contribution in [3.05, 3.63) is 47.0 Å². The van der Waals surface area contributed by atoms with Gasteiger partial charge in [0.05, 0.1) is 29.7 Å². The van der Waals surface area contributed by atoms with Gasteiger partial charge >= 0.3 is 0 Å². The lowest BCUT2D eigenvalue weighted by atomic mass is 10.0. The van der Waals surface area contributed by atoms with Gasteiger partial charge in [0.2, 0.25) is 5.91 Å². The summed E-state index contributed by atoms with van der Waals surface area (Å²) in [5.74, 6) is -0.462. The molecule has 2 atom stereocenters. The standard InChI is InChI=1S/C17H21FN4O2/c1-10-17(11(2)21-20-10)19-16(24)9-22-8-14(23)7-15(22)12-3-5-13(18)6-4-12/h3-6,14-15,23H,7-9H2,1-2H3,(H,19,24)(H,20,21)/t14-,15+/m0/s1. The molecular formula is C17H21FN4O2. The van der Waals surface area contributed by atoms with Gasteiger partial charge in [-0.2, -0.15) is 5.10 Å². The van der Waals surface area contributed by atoms with Crippen LogP contribution in [-0.2, 0) is 4.79 Å². The van der Waals surface area contributed by atoms with Gasteiger partial charge in [0.25, 0.3) is 0 Å². The number of H-pyrrole nitrogens is 1. The molecule has 0 spiro atoms. The van der Waals surface area contributed by atoms with Gasteiger partial charge in [-0.25, -0.2) is 4.39 Å². The van der Waals surface area contributed by atoms with Crippen LogP contribution >= 0.6 is 0 Å². The summed E-state index contributed by atoms with van der Waals surface area (Å²) in [6.07, 6.45) is 0.0353. The normalized spacial score (nSPS) is 21.2. The first-order valence-electron chi connectivity index (χ1n) is 7.93. The van der Waals surface area contributed by atoms with Crippen molar-refractivity contribution in [1.29, 1.82) is 0 Å².